The van der Waals surface area contributed by atoms with E-state index in [1.165, 1.54) is 12.5 Å². The van der Waals surface area contributed by atoms with E-state index in [-0.39, 0.29) is 75.8 Å². The minimum absolute atomic E-state index is 0.0565. The van der Waals surface area contributed by atoms with Crippen molar-refractivity contribution >= 4 is 11.9 Å². The first kappa shape index (κ1) is 29.2. The van der Waals surface area contributed by atoms with Crippen LogP contribution in [0.4, 0.5) is 0 Å². The van der Waals surface area contributed by atoms with Gasteiger partial charge in [0.15, 0.2) is 6.29 Å². The van der Waals surface area contributed by atoms with Crippen LogP contribution in [-0.4, -0.2) is 76.8 Å². The average Bonchev–Trinajstić information content (AvgIpc) is 3.48. The molecule has 2 aliphatic heterocycles. The molecule has 3 N–H and O–H groups in total. The topological polar surface area (TPSA) is 132 Å². The van der Waals surface area contributed by atoms with E-state index in [0.717, 1.165) is 38.5 Å². The van der Waals surface area contributed by atoms with Gasteiger partial charge in [0.1, 0.15) is 30.5 Å². The van der Waals surface area contributed by atoms with Crippen molar-refractivity contribution in [3.63, 3.8) is 0 Å². The maximum atomic E-state index is 12.6. The number of allylic oxidation sites excluding steroid dienone is 2. The van der Waals surface area contributed by atoms with Crippen LogP contribution in [0.1, 0.15) is 86.5 Å². The standard InChI is InChI=1S/C33H48O9/c1-16-11-24(36)41-19-12-30(5)21-8-7-20-29(3,4)22(42-28-27(38)26(37)18(35)14-39-28)9-10-32(20)15-33(21,32)13-23(40-17(2)34)31(30,6)25(16)19/h8,16,18-20,22-23,25-28,35,37-38H,7,9-15H2,1-6H3. The molecule has 0 aromatic heterocycles. The van der Waals surface area contributed by atoms with Crippen molar-refractivity contribution in [2.45, 2.75) is 129 Å². The Labute approximate surface area is 248 Å². The van der Waals surface area contributed by atoms with E-state index >= 15 is 0 Å². The van der Waals surface area contributed by atoms with Gasteiger partial charge in [-0.25, -0.2) is 0 Å². The van der Waals surface area contributed by atoms with Crippen molar-refractivity contribution in [1.29, 1.82) is 0 Å². The van der Waals surface area contributed by atoms with Gasteiger partial charge < -0.3 is 34.3 Å². The normalized spacial score (nSPS) is 55.5. The van der Waals surface area contributed by atoms with Crippen LogP contribution in [0.15, 0.2) is 11.6 Å². The first-order valence-electron chi connectivity index (χ1n) is 16.0. The van der Waals surface area contributed by atoms with Gasteiger partial charge in [0.05, 0.1) is 12.7 Å². The van der Waals surface area contributed by atoms with Crippen molar-refractivity contribution in [3.8, 4) is 0 Å². The van der Waals surface area contributed by atoms with E-state index < -0.39 is 24.6 Å². The lowest BCUT2D eigenvalue weighted by molar-refractivity contribution is -0.300. The van der Waals surface area contributed by atoms with Crippen LogP contribution in [0.5, 0.6) is 0 Å². The number of esters is 2. The number of carbonyl (C=O) groups is 2. The van der Waals surface area contributed by atoms with Gasteiger partial charge in [0.25, 0.3) is 0 Å². The number of rotatable bonds is 3. The average molecular weight is 589 g/mol. The number of carbonyl (C=O) groups excluding carboxylic acids is 2. The lowest BCUT2D eigenvalue weighted by Crippen LogP contribution is -2.60. The molecule has 9 heteroatoms. The van der Waals surface area contributed by atoms with Crippen LogP contribution in [-0.2, 0) is 28.5 Å². The second-order valence-corrected chi connectivity index (χ2v) is 15.9. The lowest BCUT2D eigenvalue weighted by atomic mass is 9.44. The highest BCUT2D eigenvalue weighted by molar-refractivity contribution is 5.71. The Kier molecular flexibility index (Phi) is 6.28. The molecule has 0 radical (unpaired) electrons. The fourth-order valence-electron chi connectivity index (χ4n) is 12.0. The Morgan fingerprint density at radius 2 is 1.81 bits per heavy atom. The quantitative estimate of drug-likeness (QED) is 0.336. The molecule has 234 valence electrons. The number of hydrogen-bond donors (Lipinski definition) is 3. The van der Waals surface area contributed by atoms with E-state index in [4.69, 9.17) is 18.9 Å². The highest BCUT2D eigenvalue weighted by Gasteiger charge is 2.83. The summed E-state index contributed by atoms with van der Waals surface area (Å²) in [6, 6.07) is 0. The van der Waals surface area contributed by atoms with Gasteiger partial charge in [-0.3, -0.25) is 9.59 Å². The fraction of sp³-hybridized carbons (Fsp3) is 0.879. The number of hydrogen-bond acceptors (Lipinski definition) is 9. The van der Waals surface area contributed by atoms with Crippen LogP contribution in [0.3, 0.4) is 0 Å². The molecule has 14 unspecified atom stereocenters. The van der Waals surface area contributed by atoms with E-state index in [1.54, 1.807) is 0 Å². The Bertz CT molecular complexity index is 1210. The van der Waals surface area contributed by atoms with Crippen LogP contribution in [0.25, 0.3) is 0 Å². The summed E-state index contributed by atoms with van der Waals surface area (Å²) in [5, 5.41) is 30.7. The number of aliphatic hydroxyl groups is 3. The number of ether oxygens (including phenoxy) is 4. The van der Waals surface area contributed by atoms with Gasteiger partial charge in [0.2, 0.25) is 0 Å². The van der Waals surface area contributed by atoms with Crippen molar-refractivity contribution in [1.82, 2.24) is 0 Å². The smallest absolute Gasteiger partial charge is 0.306 e. The molecule has 0 aromatic carbocycles. The Balaban J connectivity index is 1.24. The zero-order valence-electron chi connectivity index (χ0n) is 25.8. The Morgan fingerprint density at radius 1 is 1.07 bits per heavy atom. The molecule has 5 aliphatic carbocycles. The molecular formula is C33H48O9. The Hall–Kier alpha value is -1.52. The van der Waals surface area contributed by atoms with Crippen molar-refractivity contribution in [2.24, 2.45) is 44.8 Å². The predicted molar refractivity (Wildman–Crippen MR) is 149 cm³/mol. The molecular weight excluding hydrogens is 540 g/mol. The summed E-state index contributed by atoms with van der Waals surface area (Å²) < 4.78 is 24.4. The molecule has 9 nitrogen and oxygen atoms in total. The summed E-state index contributed by atoms with van der Waals surface area (Å²) in [4.78, 5) is 25.1. The lowest BCUT2D eigenvalue weighted by Gasteiger charge is -2.62. The van der Waals surface area contributed by atoms with E-state index in [9.17, 15) is 24.9 Å². The van der Waals surface area contributed by atoms with Gasteiger partial charge in [0, 0.05) is 35.5 Å². The monoisotopic (exact) mass is 588 g/mol. The van der Waals surface area contributed by atoms with Gasteiger partial charge in [-0.2, -0.15) is 0 Å². The maximum absolute atomic E-state index is 12.6. The molecule has 7 rings (SSSR count). The highest BCUT2D eigenvalue weighted by atomic mass is 16.7. The van der Waals surface area contributed by atoms with E-state index in [1.807, 2.05) is 0 Å². The van der Waals surface area contributed by atoms with Crippen molar-refractivity contribution in [3.05, 3.63) is 11.6 Å². The summed E-state index contributed by atoms with van der Waals surface area (Å²) in [7, 11) is 0. The van der Waals surface area contributed by atoms with Gasteiger partial charge in [-0.15, -0.1) is 0 Å². The second-order valence-electron chi connectivity index (χ2n) is 15.9. The molecule has 0 bridgehead atoms. The predicted octanol–water partition coefficient (Wildman–Crippen LogP) is 3.27. The second kappa shape index (κ2) is 9.03. The fourth-order valence-corrected chi connectivity index (χ4v) is 12.0. The SMILES string of the molecule is CC(=O)OC1CC23CC24CCC(OC2OCC(O)C(O)C2O)C(C)(C)C4CC=C3C2(C)CC3OC(=O)CC(C)C3C12C. The third kappa shape index (κ3) is 3.49. The molecule has 7 aliphatic rings. The molecule has 4 saturated carbocycles. The van der Waals surface area contributed by atoms with Crippen LogP contribution in [0, 0.1) is 44.8 Å². The molecule has 42 heavy (non-hydrogen) atoms. The maximum Gasteiger partial charge on any atom is 0.306 e. The summed E-state index contributed by atoms with van der Waals surface area (Å²) in [6.45, 7) is 12.7. The summed E-state index contributed by atoms with van der Waals surface area (Å²) in [5.41, 5.74) is 0.624. The van der Waals surface area contributed by atoms with Crippen molar-refractivity contribution in [2.75, 3.05) is 6.61 Å². The minimum Gasteiger partial charge on any atom is -0.462 e. The van der Waals surface area contributed by atoms with Crippen molar-refractivity contribution < 1.29 is 43.9 Å². The van der Waals surface area contributed by atoms with E-state index in [0.29, 0.717) is 12.3 Å². The Morgan fingerprint density at radius 3 is 2.52 bits per heavy atom. The zero-order valence-corrected chi connectivity index (χ0v) is 25.8. The third-order valence-corrected chi connectivity index (χ3v) is 13.9. The minimum atomic E-state index is -1.31. The first-order chi connectivity index (χ1) is 19.6. The molecule has 2 heterocycles. The van der Waals surface area contributed by atoms with Gasteiger partial charge >= 0.3 is 11.9 Å². The third-order valence-electron chi connectivity index (χ3n) is 13.9. The van der Waals surface area contributed by atoms with Crippen LogP contribution in [0.2, 0.25) is 0 Å². The highest BCUT2D eigenvalue weighted by Crippen LogP contribution is 2.88. The van der Waals surface area contributed by atoms with Crippen LogP contribution >= 0.6 is 0 Å². The summed E-state index contributed by atoms with van der Waals surface area (Å²) in [6.07, 6.45) is 2.78. The molecule has 2 saturated heterocycles. The molecule has 2 spiro atoms. The molecule has 0 aromatic rings. The summed E-state index contributed by atoms with van der Waals surface area (Å²) >= 11 is 0. The molecule has 6 fully saturated rings. The summed E-state index contributed by atoms with van der Waals surface area (Å²) in [5.74, 6) is 0.225. The van der Waals surface area contributed by atoms with Gasteiger partial charge in [-0.1, -0.05) is 46.3 Å². The zero-order chi connectivity index (χ0) is 30.2. The van der Waals surface area contributed by atoms with Gasteiger partial charge in [-0.05, 0) is 61.2 Å². The first-order valence-corrected chi connectivity index (χ1v) is 16.0. The van der Waals surface area contributed by atoms with Crippen LogP contribution < -0.4 is 0 Å². The molecule has 0 amide bonds. The van der Waals surface area contributed by atoms with E-state index in [2.05, 4.69) is 40.7 Å². The largest absolute Gasteiger partial charge is 0.462 e. The number of aliphatic hydroxyl groups excluding tert-OH is 3. The number of fused-ring (bicyclic) bond motifs is 4. The molecule has 14 atom stereocenters.